The van der Waals surface area contributed by atoms with E-state index in [9.17, 15) is 9.59 Å². The number of hydrogen-bond acceptors (Lipinski definition) is 5. The quantitative estimate of drug-likeness (QED) is 0.407. The van der Waals surface area contributed by atoms with E-state index in [1.54, 1.807) is 0 Å². The van der Waals surface area contributed by atoms with Crippen LogP contribution >= 0.6 is 11.3 Å². The van der Waals surface area contributed by atoms with Gasteiger partial charge < -0.3 is 19.5 Å². The molecule has 37 heavy (non-hydrogen) atoms. The Kier molecular flexibility index (Phi) is 5.59. The van der Waals surface area contributed by atoms with Gasteiger partial charge in [-0.25, -0.2) is 4.98 Å². The second-order valence-electron chi connectivity index (χ2n) is 10.1. The Morgan fingerprint density at radius 2 is 1.86 bits per heavy atom. The van der Waals surface area contributed by atoms with E-state index < -0.39 is 0 Å². The van der Waals surface area contributed by atoms with Gasteiger partial charge in [-0.2, -0.15) is 0 Å². The molecule has 1 aliphatic carbocycles. The molecule has 4 heterocycles. The lowest BCUT2D eigenvalue weighted by Crippen LogP contribution is -2.32. The van der Waals surface area contributed by atoms with E-state index >= 15 is 0 Å². The van der Waals surface area contributed by atoms with Gasteiger partial charge in [0.2, 0.25) is 0 Å². The molecule has 0 radical (unpaired) electrons. The van der Waals surface area contributed by atoms with Crippen molar-refractivity contribution < 1.29 is 14.3 Å². The molecular weight excluding hydrogens is 484 g/mol. The molecule has 1 saturated carbocycles. The number of imidazole rings is 1. The topological polar surface area (TPSA) is 76.5 Å². The summed E-state index contributed by atoms with van der Waals surface area (Å²) in [5.41, 5.74) is 5.54. The van der Waals surface area contributed by atoms with Crippen molar-refractivity contribution in [3.63, 3.8) is 0 Å². The van der Waals surface area contributed by atoms with Crippen molar-refractivity contribution in [1.82, 2.24) is 14.9 Å². The van der Waals surface area contributed by atoms with Gasteiger partial charge in [-0.15, -0.1) is 11.3 Å². The predicted molar refractivity (Wildman–Crippen MR) is 144 cm³/mol. The molecule has 2 amide bonds. The third-order valence-electron chi connectivity index (χ3n) is 7.64. The van der Waals surface area contributed by atoms with Crippen LogP contribution in [0, 0.1) is 0 Å². The van der Waals surface area contributed by atoms with Gasteiger partial charge in [0.1, 0.15) is 0 Å². The molecule has 7 rings (SSSR count). The highest BCUT2D eigenvalue weighted by Crippen LogP contribution is 2.42. The zero-order valence-corrected chi connectivity index (χ0v) is 21.3. The normalized spacial score (nSPS) is 17.8. The first-order valence-electron chi connectivity index (χ1n) is 13.0. The van der Waals surface area contributed by atoms with Crippen LogP contribution in [0.5, 0.6) is 0 Å². The molecule has 1 N–H and O–H groups in total. The molecule has 8 heteroatoms. The number of thiophene rings is 1. The second kappa shape index (κ2) is 9.11. The minimum absolute atomic E-state index is 0.0134. The van der Waals surface area contributed by atoms with Crippen LogP contribution in [0.4, 0.5) is 5.69 Å². The molecule has 0 bridgehead atoms. The van der Waals surface area contributed by atoms with Crippen molar-refractivity contribution in [2.45, 2.75) is 44.2 Å². The van der Waals surface area contributed by atoms with Gasteiger partial charge in [0, 0.05) is 47.8 Å². The number of nitrogens with one attached hydrogen (secondary N) is 1. The summed E-state index contributed by atoms with van der Waals surface area (Å²) < 4.78 is 7.74. The first-order chi connectivity index (χ1) is 18.2. The first-order valence-corrected chi connectivity index (χ1v) is 13.9. The number of carbonyl (C=O) groups excluding carboxylic acids is 2. The maximum absolute atomic E-state index is 13.9. The smallest absolute Gasteiger partial charge is 0.261 e. The number of hydrogen-bond donors (Lipinski definition) is 1. The van der Waals surface area contributed by atoms with Gasteiger partial charge in [0.15, 0.2) is 0 Å². The van der Waals surface area contributed by atoms with Crippen LogP contribution in [-0.4, -0.2) is 47.2 Å². The summed E-state index contributed by atoms with van der Waals surface area (Å²) in [5, 5.41) is 3.10. The number of aromatic nitrogens is 2. The average Bonchev–Trinajstić information content (AvgIpc) is 3.52. The average molecular weight is 513 g/mol. The van der Waals surface area contributed by atoms with Crippen molar-refractivity contribution in [1.29, 1.82) is 0 Å². The summed E-state index contributed by atoms with van der Waals surface area (Å²) in [4.78, 5) is 34.9. The van der Waals surface area contributed by atoms with Crippen LogP contribution in [0.1, 0.15) is 57.3 Å². The molecule has 188 valence electrons. The number of rotatable bonds is 4. The standard InChI is InChI=1S/C29H28N4O3S/c34-28(31-20-6-7-20)26-16-18-9-12-32(24-4-2-1-3-22(24)27(18)37-26)29(35)19-5-8-25-23(15-19)30-17-33(25)21-10-13-36-14-11-21/h1-5,8,15-17,20-21H,6-7,9-14H2,(H,31,34). The SMILES string of the molecule is O=C(NC1CC1)c1cc2c(s1)-c1ccccc1N(C(=O)c1ccc3c(c1)ncn3C1CCOCC1)CC2. The number of nitrogens with zero attached hydrogens (tertiary/aromatic N) is 3. The molecule has 2 aromatic carbocycles. The third kappa shape index (κ3) is 4.14. The zero-order valence-electron chi connectivity index (χ0n) is 20.5. The number of ether oxygens (including phenoxy) is 1. The predicted octanol–water partition coefficient (Wildman–Crippen LogP) is 5.21. The van der Waals surface area contributed by atoms with Gasteiger partial charge in [0.05, 0.1) is 27.9 Å². The Morgan fingerprint density at radius 3 is 2.70 bits per heavy atom. The lowest BCUT2D eigenvalue weighted by atomic mass is 10.1. The van der Waals surface area contributed by atoms with E-state index in [4.69, 9.17) is 4.74 Å². The molecule has 7 nitrogen and oxygen atoms in total. The van der Waals surface area contributed by atoms with Crippen molar-refractivity contribution in [3.05, 3.63) is 70.9 Å². The minimum Gasteiger partial charge on any atom is -0.381 e. The van der Waals surface area contributed by atoms with Gasteiger partial charge in [0.25, 0.3) is 11.8 Å². The molecule has 1 saturated heterocycles. The zero-order chi connectivity index (χ0) is 24.9. The molecule has 2 aliphatic heterocycles. The summed E-state index contributed by atoms with van der Waals surface area (Å²) >= 11 is 1.53. The summed E-state index contributed by atoms with van der Waals surface area (Å²) in [7, 11) is 0. The molecular formula is C29H28N4O3S. The van der Waals surface area contributed by atoms with Gasteiger partial charge in [-0.3, -0.25) is 9.59 Å². The number of para-hydroxylation sites is 1. The van der Waals surface area contributed by atoms with Crippen molar-refractivity contribution >= 4 is 39.9 Å². The fraction of sp³-hybridized carbons (Fsp3) is 0.345. The Labute approximate surface area is 219 Å². The minimum atomic E-state index is -0.0307. The highest BCUT2D eigenvalue weighted by atomic mass is 32.1. The fourth-order valence-corrected chi connectivity index (χ4v) is 6.63. The maximum atomic E-state index is 13.9. The molecule has 2 aromatic heterocycles. The number of anilines is 1. The first kappa shape index (κ1) is 22.7. The van der Waals surface area contributed by atoms with E-state index in [1.165, 1.54) is 11.3 Å². The molecule has 0 unspecified atom stereocenters. The monoisotopic (exact) mass is 512 g/mol. The molecule has 2 fully saturated rings. The van der Waals surface area contributed by atoms with Crippen LogP contribution in [0.15, 0.2) is 54.9 Å². The fourth-order valence-electron chi connectivity index (χ4n) is 5.48. The number of carbonyl (C=O) groups is 2. The lowest BCUT2D eigenvalue weighted by molar-refractivity contribution is 0.0706. The van der Waals surface area contributed by atoms with Crippen LogP contribution in [0.2, 0.25) is 0 Å². The van der Waals surface area contributed by atoms with E-state index in [0.717, 1.165) is 76.5 Å². The lowest BCUT2D eigenvalue weighted by Gasteiger charge is -2.24. The highest BCUT2D eigenvalue weighted by molar-refractivity contribution is 7.17. The van der Waals surface area contributed by atoms with Crippen LogP contribution in [-0.2, 0) is 11.2 Å². The van der Waals surface area contributed by atoms with Gasteiger partial charge >= 0.3 is 0 Å². The molecule has 3 aliphatic rings. The summed E-state index contributed by atoms with van der Waals surface area (Å²) in [6, 6.07) is 16.6. The summed E-state index contributed by atoms with van der Waals surface area (Å²) in [6.45, 7) is 2.10. The van der Waals surface area contributed by atoms with Crippen LogP contribution < -0.4 is 10.2 Å². The van der Waals surface area contributed by atoms with E-state index in [1.807, 2.05) is 53.7 Å². The largest absolute Gasteiger partial charge is 0.381 e. The maximum Gasteiger partial charge on any atom is 0.261 e. The summed E-state index contributed by atoms with van der Waals surface area (Å²) in [5.74, 6) is -0.0173. The van der Waals surface area contributed by atoms with E-state index in [-0.39, 0.29) is 11.8 Å². The van der Waals surface area contributed by atoms with E-state index in [2.05, 4.69) is 20.9 Å². The number of amides is 2. The molecule has 0 spiro atoms. The Bertz CT molecular complexity index is 1510. The molecule has 4 aromatic rings. The van der Waals surface area contributed by atoms with Crippen molar-refractivity contribution in [2.24, 2.45) is 0 Å². The highest BCUT2D eigenvalue weighted by Gasteiger charge is 2.29. The van der Waals surface area contributed by atoms with Gasteiger partial charge in [-0.05, 0) is 68.0 Å². The Hall–Kier alpha value is -3.49. The molecule has 0 atom stereocenters. The van der Waals surface area contributed by atoms with Crippen molar-refractivity contribution in [2.75, 3.05) is 24.7 Å². The Morgan fingerprint density at radius 1 is 1.03 bits per heavy atom. The number of benzene rings is 2. The Balaban J connectivity index is 1.20. The van der Waals surface area contributed by atoms with E-state index in [0.29, 0.717) is 30.6 Å². The summed E-state index contributed by atoms with van der Waals surface area (Å²) in [6.07, 6.45) is 6.68. The second-order valence-corrected chi connectivity index (χ2v) is 11.2. The van der Waals surface area contributed by atoms with Crippen LogP contribution in [0.3, 0.4) is 0 Å². The third-order valence-corrected chi connectivity index (χ3v) is 8.85. The van der Waals surface area contributed by atoms with Gasteiger partial charge in [-0.1, -0.05) is 18.2 Å². The number of fused-ring (bicyclic) bond motifs is 4. The van der Waals surface area contributed by atoms with Crippen molar-refractivity contribution in [3.8, 4) is 10.4 Å². The van der Waals surface area contributed by atoms with Crippen LogP contribution in [0.25, 0.3) is 21.5 Å².